The number of nitrogens with one attached hydrogen (secondary N) is 1. The second-order valence-corrected chi connectivity index (χ2v) is 5.12. The molecule has 0 aliphatic heterocycles. The number of benzene rings is 1. The standard InChI is InChI=1S/C17H26N2O2/c1-4-5-6-7-8-9-17(20)19-18-14(2)15-10-12-16(21-3)13-11-15/h10-13H,4-9H2,1-3H3,(H,19,20). The van der Waals surface area contributed by atoms with E-state index in [1.54, 1.807) is 7.11 Å². The summed E-state index contributed by atoms with van der Waals surface area (Å²) in [6.45, 7) is 4.06. The molecule has 0 bridgehead atoms. The van der Waals surface area contributed by atoms with Gasteiger partial charge in [0, 0.05) is 6.42 Å². The summed E-state index contributed by atoms with van der Waals surface area (Å²) in [6.07, 6.45) is 6.26. The summed E-state index contributed by atoms with van der Waals surface area (Å²) in [7, 11) is 1.64. The lowest BCUT2D eigenvalue weighted by Crippen LogP contribution is -2.18. The maximum atomic E-state index is 11.7. The molecule has 4 nitrogen and oxygen atoms in total. The number of hydrogen-bond donors (Lipinski definition) is 1. The summed E-state index contributed by atoms with van der Waals surface area (Å²) in [5.41, 5.74) is 4.38. The van der Waals surface area contributed by atoms with E-state index >= 15 is 0 Å². The van der Waals surface area contributed by atoms with Crippen LogP contribution in [0.5, 0.6) is 5.75 Å². The van der Waals surface area contributed by atoms with Crippen molar-refractivity contribution in [1.29, 1.82) is 0 Å². The number of methoxy groups -OCH3 is 1. The number of carbonyl (C=O) groups excluding carboxylic acids is 1. The highest BCUT2D eigenvalue weighted by Crippen LogP contribution is 2.11. The Bertz CT molecular complexity index is 452. The van der Waals surface area contributed by atoms with Crippen LogP contribution in [-0.4, -0.2) is 18.7 Å². The third kappa shape index (κ3) is 6.93. The first-order chi connectivity index (χ1) is 10.2. The molecule has 0 aromatic heterocycles. The molecule has 1 amide bonds. The van der Waals surface area contributed by atoms with Crippen molar-refractivity contribution < 1.29 is 9.53 Å². The number of hydrazone groups is 1. The lowest BCUT2D eigenvalue weighted by molar-refractivity contribution is -0.121. The number of hydrogen-bond acceptors (Lipinski definition) is 3. The minimum absolute atomic E-state index is 0.0145. The Morgan fingerprint density at radius 2 is 1.81 bits per heavy atom. The summed E-state index contributed by atoms with van der Waals surface area (Å²) in [5, 5.41) is 4.14. The van der Waals surface area contributed by atoms with Crippen molar-refractivity contribution in [1.82, 2.24) is 5.43 Å². The number of carbonyl (C=O) groups is 1. The van der Waals surface area contributed by atoms with E-state index in [1.807, 2.05) is 31.2 Å². The molecular weight excluding hydrogens is 264 g/mol. The molecule has 4 heteroatoms. The molecule has 0 saturated heterocycles. The Balaban J connectivity index is 2.34. The second kappa shape index (κ2) is 9.97. The quantitative estimate of drug-likeness (QED) is 0.426. The molecular formula is C17H26N2O2. The smallest absolute Gasteiger partial charge is 0.240 e. The summed E-state index contributed by atoms with van der Waals surface area (Å²) in [6, 6.07) is 7.61. The molecule has 0 radical (unpaired) electrons. The first kappa shape index (κ1) is 17.2. The Kier molecular flexibility index (Phi) is 8.17. The van der Waals surface area contributed by atoms with Crippen LogP contribution in [0.15, 0.2) is 29.4 Å². The fraction of sp³-hybridized carbons (Fsp3) is 0.529. The summed E-state index contributed by atoms with van der Waals surface area (Å²) in [5.74, 6) is 0.794. The van der Waals surface area contributed by atoms with E-state index in [2.05, 4.69) is 17.5 Å². The normalized spacial score (nSPS) is 11.3. The lowest BCUT2D eigenvalue weighted by atomic mass is 10.1. The van der Waals surface area contributed by atoms with Crippen LogP contribution in [0.4, 0.5) is 0 Å². The van der Waals surface area contributed by atoms with Gasteiger partial charge in [-0.3, -0.25) is 4.79 Å². The van der Waals surface area contributed by atoms with E-state index in [9.17, 15) is 4.79 Å². The maximum absolute atomic E-state index is 11.7. The number of rotatable bonds is 9. The third-order valence-corrected chi connectivity index (χ3v) is 3.36. The van der Waals surface area contributed by atoms with Gasteiger partial charge in [-0.1, -0.05) is 32.6 Å². The van der Waals surface area contributed by atoms with E-state index in [0.717, 1.165) is 29.9 Å². The van der Waals surface area contributed by atoms with Gasteiger partial charge in [0.2, 0.25) is 5.91 Å². The second-order valence-electron chi connectivity index (χ2n) is 5.12. The van der Waals surface area contributed by atoms with Gasteiger partial charge in [-0.2, -0.15) is 5.10 Å². The van der Waals surface area contributed by atoms with Gasteiger partial charge in [-0.15, -0.1) is 0 Å². The van der Waals surface area contributed by atoms with Gasteiger partial charge in [-0.25, -0.2) is 5.43 Å². The number of ether oxygens (including phenoxy) is 1. The Morgan fingerprint density at radius 3 is 2.43 bits per heavy atom. The van der Waals surface area contributed by atoms with Crippen molar-refractivity contribution in [3.8, 4) is 5.75 Å². The molecule has 1 N–H and O–H groups in total. The summed E-state index contributed by atoms with van der Waals surface area (Å²) in [4.78, 5) is 11.7. The Hall–Kier alpha value is -1.84. The monoisotopic (exact) mass is 290 g/mol. The highest BCUT2D eigenvalue weighted by molar-refractivity contribution is 5.99. The zero-order chi connectivity index (χ0) is 15.5. The fourth-order valence-corrected chi connectivity index (χ4v) is 1.99. The molecule has 0 spiro atoms. The molecule has 1 aromatic rings. The molecule has 0 heterocycles. The Morgan fingerprint density at radius 1 is 1.14 bits per heavy atom. The predicted molar refractivity (Wildman–Crippen MR) is 86.7 cm³/mol. The van der Waals surface area contributed by atoms with Gasteiger partial charge in [0.1, 0.15) is 5.75 Å². The van der Waals surface area contributed by atoms with Crippen molar-refractivity contribution >= 4 is 11.6 Å². The van der Waals surface area contributed by atoms with Gasteiger partial charge >= 0.3 is 0 Å². The van der Waals surface area contributed by atoms with Gasteiger partial charge in [0.05, 0.1) is 12.8 Å². The first-order valence-corrected chi connectivity index (χ1v) is 7.65. The highest BCUT2D eigenvalue weighted by Gasteiger charge is 2.02. The van der Waals surface area contributed by atoms with Crippen LogP contribution in [0.25, 0.3) is 0 Å². The SMILES string of the molecule is CCCCCCCC(=O)NN=C(C)c1ccc(OC)cc1. The van der Waals surface area contributed by atoms with Crippen molar-refractivity contribution in [2.45, 2.75) is 52.4 Å². The van der Waals surface area contributed by atoms with Crippen molar-refractivity contribution in [2.24, 2.45) is 5.10 Å². The van der Waals surface area contributed by atoms with Crippen LogP contribution < -0.4 is 10.2 Å². The van der Waals surface area contributed by atoms with Gasteiger partial charge in [-0.05, 0) is 43.2 Å². The molecule has 0 aliphatic carbocycles. The molecule has 21 heavy (non-hydrogen) atoms. The average molecular weight is 290 g/mol. The maximum Gasteiger partial charge on any atom is 0.240 e. The van der Waals surface area contributed by atoms with Crippen molar-refractivity contribution in [3.05, 3.63) is 29.8 Å². The van der Waals surface area contributed by atoms with Gasteiger partial charge in [0.25, 0.3) is 0 Å². The fourth-order valence-electron chi connectivity index (χ4n) is 1.99. The zero-order valence-electron chi connectivity index (χ0n) is 13.3. The van der Waals surface area contributed by atoms with E-state index in [-0.39, 0.29) is 5.91 Å². The largest absolute Gasteiger partial charge is 0.497 e. The first-order valence-electron chi connectivity index (χ1n) is 7.65. The molecule has 1 aromatic carbocycles. The molecule has 1 rings (SSSR count). The number of nitrogens with zero attached hydrogens (tertiary/aromatic N) is 1. The van der Waals surface area contributed by atoms with Crippen LogP contribution in [0.2, 0.25) is 0 Å². The predicted octanol–water partition coefficient (Wildman–Crippen LogP) is 3.90. The molecule has 0 unspecified atom stereocenters. The van der Waals surface area contributed by atoms with E-state index < -0.39 is 0 Å². The number of amides is 1. The molecule has 0 atom stereocenters. The van der Waals surface area contributed by atoms with Crippen LogP contribution in [0.1, 0.15) is 57.9 Å². The zero-order valence-corrected chi connectivity index (χ0v) is 13.3. The van der Waals surface area contributed by atoms with E-state index in [1.165, 1.54) is 19.3 Å². The van der Waals surface area contributed by atoms with Crippen molar-refractivity contribution in [3.63, 3.8) is 0 Å². The highest BCUT2D eigenvalue weighted by atomic mass is 16.5. The molecule has 0 fully saturated rings. The van der Waals surface area contributed by atoms with Gasteiger partial charge in [0.15, 0.2) is 0 Å². The van der Waals surface area contributed by atoms with Crippen molar-refractivity contribution in [2.75, 3.05) is 7.11 Å². The average Bonchev–Trinajstić information content (AvgIpc) is 2.52. The van der Waals surface area contributed by atoms with Crippen LogP contribution >= 0.6 is 0 Å². The lowest BCUT2D eigenvalue weighted by Gasteiger charge is -2.04. The van der Waals surface area contributed by atoms with E-state index in [4.69, 9.17) is 4.74 Å². The molecule has 0 aliphatic rings. The number of unbranched alkanes of at least 4 members (excludes halogenated alkanes) is 4. The molecule has 0 saturated carbocycles. The van der Waals surface area contributed by atoms with E-state index in [0.29, 0.717) is 6.42 Å². The minimum Gasteiger partial charge on any atom is -0.497 e. The van der Waals surface area contributed by atoms with Crippen LogP contribution in [0.3, 0.4) is 0 Å². The Labute approximate surface area is 127 Å². The van der Waals surface area contributed by atoms with Gasteiger partial charge < -0.3 is 4.74 Å². The third-order valence-electron chi connectivity index (χ3n) is 3.36. The van der Waals surface area contributed by atoms with Crippen LogP contribution in [-0.2, 0) is 4.79 Å². The summed E-state index contributed by atoms with van der Waals surface area (Å²) >= 11 is 0. The molecule has 116 valence electrons. The minimum atomic E-state index is -0.0145. The summed E-state index contributed by atoms with van der Waals surface area (Å²) < 4.78 is 5.11. The topological polar surface area (TPSA) is 50.7 Å². The van der Waals surface area contributed by atoms with Crippen LogP contribution in [0, 0.1) is 0 Å².